The van der Waals surface area contributed by atoms with Crippen LogP contribution in [0.4, 0.5) is 5.95 Å². The number of aromatic amines is 1. The van der Waals surface area contributed by atoms with Gasteiger partial charge in [0.15, 0.2) is 0 Å². The van der Waals surface area contributed by atoms with Gasteiger partial charge < -0.3 is 19.7 Å². The second-order valence-corrected chi connectivity index (χ2v) is 6.16. The summed E-state index contributed by atoms with van der Waals surface area (Å²) in [6.45, 7) is 2.85. The van der Waals surface area contributed by atoms with Crippen LogP contribution in [0.1, 0.15) is 10.4 Å². The van der Waals surface area contributed by atoms with Gasteiger partial charge in [0.05, 0.1) is 23.8 Å². The van der Waals surface area contributed by atoms with Crippen LogP contribution in [0.25, 0.3) is 22.0 Å². The Kier molecular flexibility index (Phi) is 4.03. The SMILES string of the molecule is O=C(O)c1c[nH]c2cc(Cl)c(-c3cnc(N4CCOCC4)nc3)cc12. The number of ether oxygens (including phenoxy) is 1. The number of H-pyrrole nitrogens is 1. The molecule has 0 aliphatic carbocycles. The number of anilines is 1. The number of benzene rings is 1. The first-order valence-electron chi connectivity index (χ1n) is 7.82. The van der Waals surface area contributed by atoms with Crippen LogP contribution in [0, 0.1) is 0 Å². The van der Waals surface area contributed by atoms with Gasteiger partial charge in [-0.15, -0.1) is 0 Å². The molecule has 1 aliphatic rings. The number of rotatable bonds is 3. The molecule has 7 nitrogen and oxygen atoms in total. The summed E-state index contributed by atoms with van der Waals surface area (Å²) in [5.41, 5.74) is 2.32. The fourth-order valence-corrected chi connectivity index (χ4v) is 3.20. The smallest absolute Gasteiger partial charge is 0.337 e. The van der Waals surface area contributed by atoms with Crippen LogP contribution in [-0.2, 0) is 4.74 Å². The molecule has 0 radical (unpaired) electrons. The van der Waals surface area contributed by atoms with E-state index in [4.69, 9.17) is 16.3 Å². The maximum Gasteiger partial charge on any atom is 0.337 e. The van der Waals surface area contributed by atoms with Gasteiger partial charge in [0.1, 0.15) is 0 Å². The Bertz CT molecular complexity index is 933. The van der Waals surface area contributed by atoms with Crippen molar-refractivity contribution in [3.05, 3.63) is 41.3 Å². The van der Waals surface area contributed by atoms with Gasteiger partial charge in [-0.3, -0.25) is 0 Å². The van der Waals surface area contributed by atoms with E-state index >= 15 is 0 Å². The van der Waals surface area contributed by atoms with Crippen LogP contribution >= 0.6 is 11.6 Å². The fraction of sp³-hybridized carbons (Fsp3) is 0.235. The third kappa shape index (κ3) is 2.92. The molecule has 25 heavy (non-hydrogen) atoms. The van der Waals surface area contributed by atoms with Crippen LogP contribution in [0.2, 0.25) is 5.02 Å². The molecule has 2 aromatic heterocycles. The van der Waals surface area contributed by atoms with Crippen LogP contribution in [0.5, 0.6) is 0 Å². The summed E-state index contributed by atoms with van der Waals surface area (Å²) in [4.78, 5) is 25.2. The van der Waals surface area contributed by atoms with Crippen molar-refractivity contribution in [2.75, 3.05) is 31.2 Å². The standard InChI is InChI=1S/C17H15ClN4O3/c18-14-6-15-12(13(9-19-15)16(23)24)5-11(14)10-7-20-17(21-8-10)22-1-3-25-4-2-22/h5-9,19H,1-4H2,(H,23,24). The zero-order valence-corrected chi connectivity index (χ0v) is 14.0. The number of carboxylic acids is 1. The molecule has 1 fully saturated rings. The van der Waals surface area contributed by atoms with E-state index < -0.39 is 5.97 Å². The van der Waals surface area contributed by atoms with Crippen molar-refractivity contribution >= 4 is 34.4 Å². The van der Waals surface area contributed by atoms with E-state index in [0.29, 0.717) is 40.7 Å². The summed E-state index contributed by atoms with van der Waals surface area (Å²) >= 11 is 6.37. The average Bonchev–Trinajstić information content (AvgIpc) is 3.05. The van der Waals surface area contributed by atoms with Crippen LogP contribution in [0.3, 0.4) is 0 Å². The van der Waals surface area contributed by atoms with Gasteiger partial charge in [-0.2, -0.15) is 0 Å². The molecule has 128 valence electrons. The Labute approximate surface area is 148 Å². The van der Waals surface area contributed by atoms with Gasteiger partial charge >= 0.3 is 5.97 Å². The Hall–Kier alpha value is -2.64. The highest BCUT2D eigenvalue weighted by Crippen LogP contribution is 2.33. The highest BCUT2D eigenvalue weighted by molar-refractivity contribution is 6.34. The van der Waals surface area contributed by atoms with Gasteiger partial charge in [0.2, 0.25) is 5.95 Å². The van der Waals surface area contributed by atoms with Crippen LogP contribution < -0.4 is 4.90 Å². The number of halogens is 1. The van der Waals surface area contributed by atoms with Crippen molar-refractivity contribution in [1.82, 2.24) is 15.0 Å². The van der Waals surface area contributed by atoms with Gasteiger partial charge in [-0.1, -0.05) is 11.6 Å². The number of morpholine rings is 1. The molecule has 0 spiro atoms. The summed E-state index contributed by atoms with van der Waals surface area (Å²) in [6.07, 6.45) is 4.88. The largest absolute Gasteiger partial charge is 0.478 e. The molecule has 1 aromatic carbocycles. The number of nitrogens with zero attached hydrogens (tertiary/aromatic N) is 3. The van der Waals surface area contributed by atoms with Gasteiger partial charge in [-0.25, -0.2) is 14.8 Å². The third-order valence-corrected chi connectivity index (χ3v) is 4.56. The Balaban J connectivity index is 1.72. The minimum atomic E-state index is -0.988. The normalized spacial score (nSPS) is 14.8. The molecule has 1 saturated heterocycles. The molecular formula is C17H15ClN4O3. The quantitative estimate of drug-likeness (QED) is 0.748. The lowest BCUT2D eigenvalue weighted by molar-refractivity contribution is 0.0699. The van der Waals surface area contributed by atoms with E-state index in [1.54, 1.807) is 24.5 Å². The number of aromatic carboxylic acids is 1. The summed E-state index contributed by atoms with van der Waals surface area (Å²) in [5, 5.41) is 10.4. The second-order valence-electron chi connectivity index (χ2n) is 5.76. The number of carboxylic acid groups (broad SMARTS) is 1. The molecule has 0 unspecified atom stereocenters. The molecule has 0 saturated carbocycles. The highest BCUT2D eigenvalue weighted by atomic mass is 35.5. The summed E-state index contributed by atoms with van der Waals surface area (Å²) in [6, 6.07) is 3.47. The number of aromatic nitrogens is 3. The number of hydrogen-bond acceptors (Lipinski definition) is 5. The molecule has 3 aromatic rings. The van der Waals surface area contributed by atoms with Crippen molar-refractivity contribution < 1.29 is 14.6 Å². The minimum Gasteiger partial charge on any atom is -0.478 e. The molecule has 0 amide bonds. The zero-order chi connectivity index (χ0) is 17.4. The van der Waals surface area contributed by atoms with Crippen LogP contribution in [0.15, 0.2) is 30.7 Å². The lowest BCUT2D eigenvalue weighted by Crippen LogP contribution is -2.37. The molecule has 1 aliphatic heterocycles. The van der Waals surface area contributed by atoms with Crippen molar-refractivity contribution in [2.45, 2.75) is 0 Å². The minimum absolute atomic E-state index is 0.207. The van der Waals surface area contributed by atoms with E-state index in [1.807, 2.05) is 0 Å². The molecule has 4 rings (SSSR count). The van der Waals surface area contributed by atoms with Gasteiger partial charge in [0.25, 0.3) is 0 Å². The molecular weight excluding hydrogens is 344 g/mol. The zero-order valence-electron chi connectivity index (χ0n) is 13.2. The molecule has 0 bridgehead atoms. The lowest BCUT2D eigenvalue weighted by Gasteiger charge is -2.26. The second kappa shape index (κ2) is 6.34. The first-order valence-corrected chi connectivity index (χ1v) is 8.20. The number of carbonyl (C=O) groups is 1. The predicted molar refractivity (Wildman–Crippen MR) is 94.3 cm³/mol. The molecule has 8 heteroatoms. The van der Waals surface area contributed by atoms with E-state index in [9.17, 15) is 9.90 Å². The fourth-order valence-electron chi connectivity index (χ4n) is 2.93. The van der Waals surface area contributed by atoms with Crippen molar-refractivity contribution in [1.29, 1.82) is 0 Å². The van der Waals surface area contributed by atoms with Gasteiger partial charge in [0, 0.05) is 53.7 Å². The van der Waals surface area contributed by atoms with Crippen molar-refractivity contribution in [3.8, 4) is 11.1 Å². The van der Waals surface area contributed by atoms with E-state index in [-0.39, 0.29) is 5.56 Å². The molecule has 3 heterocycles. The predicted octanol–water partition coefficient (Wildman–Crippen LogP) is 2.81. The maximum atomic E-state index is 11.3. The third-order valence-electron chi connectivity index (χ3n) is 4.24. The first-order chi connectivity index (χ1) is 12.1. The van der Waals surface area contributed by atoms with Crippen molar-refractivity contribution in [3.63, 3.8) is 0 Å². The van der Waals surface area contributed by atoms with Crippen molar-refractivity contribution in [2.24, 2.45) is 0 Å². The highest BCUT2D eigenvalue weighted by Gasteiger charge is 2.16. The number of hydrogen-bond donors (Lipinski definition) is 2. The van der Waals surface area contributed by atoms with E-state index in [0.717, 1.165) is 18.7 Å². The van der Waals surface area contributed by atoms with E-state index in [2.05, 4.69) is 19.9 Å². The Morgan fingerprint density at radius 2 is 1.96 bits per heavy atom. The average molecular weight is 359 g/mol. The Morgan fingerprint density at radius 3 is 2.64 bits per heavy atom. The maximum absolute atomic E-state index is 11.3. The summed E-state index contributed by atoms with van der Waals surface area (Å²) in [7, 11) is 0. The molecule has 0 atom stereocenters. The molecule has 2 N–H and O–H groups in total. The topological polar surface area (TPSA) is 91.3 Å². The van der Waals surface area contributed by atoms with E-state index in [1.165, 1.54) is 6.20 Å². The Morgan fingerprint density at radius 1 is 1.24 bits per heavy atom. The number of fused-ring (bicyclic) bond motifs is 1. The number of nitrogens with one attached hydrogen (secondary N) is 1. The monoisotopic (exact) mass is 358 g/mol. The summed E-state index contributed by atoms with van der Waals surface area (Å²) < 4.78 is 5.33. The first kappa shape index (κ1) is 15.9. The van der Waals surface area contributed by atoms with Gasteiger partial charge in [-0.05, 0) is 12.1 Å². The lowest BCUT2D eigenvalue weighted by atomic mass is 10.0. The van der Waals surface area contributed by atoms with Crippen LogP contribution in [-0.4, -0.2) is 52.3 Å². The summed E-state index contributed by atoms with van der Waals surface area (Å²) in [5.74, 6) is -0.337.